The van der Waals surface area contributed by atoms with E-state index in [2.05, 4.69) is 21.2 Å². The Hall–Kier alpha value is -1.65. The number of anilines is 1. The number of carbonyl (C=O) groups excluding carboxylic acids is 1. The van der Waals surface area contributed by atoms with E-state index >= 15 is 0 Å². The second-order valence-electron chi connectivity index (χ2n) is 5.47. The first-order valence-corrected chi connectivity index (χ1v) is 7.68. The highest BCUT2D eigenvalue weighted by Crippen LogP contribution is 2.43. The van der Waals surface area contributed by atoms with Crippen molar-refractivity contribution in [2.24, 2.45) is 0 Å². The summed E-state index contributed by atoms with van der Waals surface area (Å²) in [7, 11) is 0. The Morgan fingerprint density at radius 2 is 1.95 bits per heavy atom. The highest BCUT2D eigenvalue weighted by Gasteiger charge is 2.47. The third-order valence-electron chi connectivity index (χ3n) is 3.83. The number of halogens is 1. The van der Waals surface area contributed by atoms with Crippen molar-refractivity contribution >= 4 is 27.4 Å². The average Bonchev–Trinajstić information content (AvgIpc) is 2.73. The summed E-state index contributed by atoms with van der Waals surface area (Å²) in [5, 5.41) is 13.2. The highest BCUT2D eigenvalue weighted by molar-refractivity contribution is 9.10. The summed E-state index contributed by atoms with van der Waals surface area (Å²) in [5.74, 6) is 0.00546. The molecule has 0 radical (unpaired) electrons. The molecule has 0 amide bonds. The number of benzene rings is 2. The van der Waals surface area contributed by atoms with E-state index in [0.29, 0.717) is 12.0 Å². The van der Waals surface area contributed by atoms with Gasteiger partial charge in [0.15, 0.2) is 5.78 Å². The lowest BCUT2D eigenvalue weighted by molar-refractivity contribution is 0.0842. The monoisotopic (exact) mass is 345 g/mol. The molecule has 0 saturated carbocycles. The maximum atomic E-state index is 13.0. The van der Waals surface area contributed by atoms with E-state index < -0.39 is 11.6 Å². The zero-order chi connectivity index (χ0) is 15.0. The molecule has 21 heavy (non-hydrogen) atoms. The van der Waals surface area contributed by atoms with E-state index in [4.69, 9.17) is 0 Å². The summed E-state index contributed by atoms with van der Waals surface area (Å²) in [6, 6.07) is 15.2. The third-order valence-corrected chi connectivity index (χ3v) is 4.32. The van der Waals surface area contributed by atoms with Crippen molar-refractivity contribution in [3.05, 3.63) is 64.1 Å². The van der Waals surface area contributed by atoms with Crippen LogP contribution in [0.4, 0.5) is 5.69 Å². The lowest BCUT2D eigenvalue weighted by atomic mass is 9.81. The average molecular weight is 346 g/mol. The largest absolute Gasteiger partial charge is 0.393 e. The van der Waals surface area contributed by atoms with Gasteiger partial charge in [-0.1, -0.05) is 46.3 Å². The van der Waals surface area contributed by atoms with Gasteiger partial charge >= 0.3 is 0 Å². The molecule has 2 atom stereocenters. The molecule has 2 aromatic carbocycles. The van der Waals surface area contributed by atoms with E-state index in [1.807, 2.05) is 48.5 Å². The fourth-order valence-electron chi connectivity index (χ4n) is 2.96. The standard InChI is InChI=1S/C17H16BrNO2/c1-11(20)10-17(12-5-3-2-4-6-12)16(21)14-9-13(18)7-8-15(14)19-17/h2-9,11,19-20H,10H2,1H3/t11-,17-/m0/s1. The Balaban J connectivity index is 2.14. The maximum Gasteiger partial charge on any atom is 0.194 e. The van der Waals surface area contributed by atoms with Gasteiger partial charge in [0, 0.05) is 22.1 Å². The molecule has 1 aliphatic rings. The summed E-state index contributed by atoms with van der Waals surface area (Å²) >= 11 is 3.41. The second-order valence-corrected chi connectivity index (χ2v) is 6.38. The lowest BCUT2D eigenvalue weighted by Gasteiger charge is -2.30. The molecule has 4 heteroatoms. The zero-order valence-electron chi connectivity index (χ0n) is 11.6. The number of Topliss-reactive ketones (excluding diaryl/α,β-unsaturated/α-hetero) is 1. The summed E-state index contributed by atoms with van der Waals surface area (Å²) in [4.78, 5) is 13.0. The minimum Gasteiger partial charge on any atom is -0.393 e. The number of rotatable bonds is 3. The van der Waals surface area contributed by atoms with Gasteiger partial charge in [-0.15, -0.1) is 0 Å². The van der Waals surface area contributed by atoms with E-state index in [9.17, 15) is 9.90 Å². The van der Waals surface area contributed by atoms with Crippen LogP contribution in [-0.4, -0.2) is 17.0 Å². The Labute approximate surface area is 132 Å². The summed E-state index contributed by atoms with van der Waals surface area (Å²) in [5.41, 5.74) is 1.46. The molecular weight excluding hydrogens is 330 g/mol. The molecule has 108 valence electrons. The third kappa shape index (κ3) is 2.39. The van der Waals surface area contributed by atoms with Gasteiger partial charge in [0.1, 0.15) is 5.54 Å². The van der Waals surface area contributed by atoms with Gasteiger partial charge in [-0.25, -0.2) is 0 Å². The predicted molar refractivity (Wildman–Crippen MR) is 86.5 cm³/mol. The summed E-state index contributed by atoms with van der Waals surface area (Å²) in [6.45, 7) is 1.71. The van der Waals surface area contributed by atoms with E-state index in [0.717, 1.165) is 15.7 Å². The quantitative estimate of drug-likeness (QED) is 0.891. The molecular formula is C17H16BrNO2. The van der Waals surface area contributed by atoms with Crippen molar-refractivity contribution in [2.75, 3.05) is 5.32 Å². The van der Waals surface area contributed by atoms with Crippen LogP contribution in [0.15, 0.2) is 53.0 Å². The lowest BCUT2D eigenvalue weighted by Crippen LogP contribution is -2.41. The number of hydrogen-bond donors (Lipinski definition) is 2. The minimum atomic E-state index is -0.890. The van der Waals surface area contributed by atoms with Crippen molar-refractivity contribution in [2.45, 2.75) is 25.0 Å². The van der Waals surface area contributed by atoms with Crippen molar-refractivity contribution in [3.63, 3.8) is 0 Å². The van der Waals surface area contributed by atoms with Crippen molar-refractivity contribution in [1.82, 2.24) is 0 Å². The second kappa shape index (κ2) is 5.28. The van der Waals surface area contributed by atoms with Crippen LogP contribution in [0.25, 0.3) is 0 Å². The molecule has 0 unspecified atom stereocenters. The molecule has 3 nitrogen and oxygen atoms in total. The highest BCUT2D eigenvalue weighted by atomic mass is 79.9. The van der Waals surface area contributed by atoms with Gasteiger partial charge in [-0.3, -0.25) is 4.79 Å². The molecule has 0 bridgehead atoms. The van der Waals surface area contributed by atoms with Gasteiger partial charge < -0.3 is 10.4 Å². The Morgan fingerprint density at radius 1 is 1.24 bits per heavy atom. The first-order valence-electron chi connectivity index (χ1n) is 6.89. The van der Waals surface area contributed by atoms with E-state index in [1.165, 1.54) is 0 Å². The Morgan fingerprint density at radius 3 is 2.62 bits per heavy atom. The normalized spacial score (nSPS) is 21.8. The first kappa shape index (κ1) is 14.3. The van der Waals surface area contributed by atoms with Crippen molar-refractivity contribution in [1.29, 1.82) is 0 Å². The van der Waals surface area contributed by atoms with E-state index in [-0.39, 0.29) is 5.78 Å². The molecule has 1 heterocycles. The summed E-state index contributed by atoms with van der Waals surface area (Å²) < 4.78 is 0.873. The smallest absolute Gasteiger partial charge is 0.194 e. The van der Waals surface area contributed by atoms with Crippen LogP contribution in [0.5, 0.6) is 0 Å². The number of nitrogens with one attached hydrogen (secondary N) is 1. The number of aliphatic hydroxyl groups is 1. The molecule has 0 spiro atoms. The molecule has 2 N–H and O–H groups in total. The molecule has 2 aromatic rings. The van der Waals surface area contributed by atoms with Gasteiger partial charge in [0.2, 0.25) is 0 Å². The Kier molecular flexibility index (Phi) is 3.59. The van der Waals surface area contributed by atoms with E-state index in [1.54, 1.807) is 6.92 Å². The predicted octanol–water partition coefficient (Wildman–Crippen LogP) is 3.72. The zero-order valence-corrected chi connectivity index (χ0v) is 13.2. The fourth-order valence-corrected chi connectivity index (χ4v) is 3.32. The summed E-state index contributed by atoms with van der Waals surface area (Å²) in [6.07, 6.45) is -0.248. The van der Waals surface area contributed by atoms with Crippen LogP contribution in [0, 0.1) is 0 Å². The first-order chi connectivity index (χ1) is 10.0. The van der Waals surface area contributed by atoms with Crippen LogP contribution < -0.4 is 5.32 Å². The van der Waals surface area contributed by atoms with Crippen molar-refractivity contribution < 1.29 is 9.90 Å². The number of hydrogen-bond acceptors (Lipinski definition) is 3. The number of fused-ring (bicyclic) bond motifs is 1. The van der Waals surface area contributed by atoms with Crippen LogP contribution in [0.3, 0.4) is 0 Å². The topological polar surface area (TPSA) is 49.3 Å². The van der Waals surface area contributed by atoms with Crippen LogP contribution in [0.1, 0.15) is 29.3 Å². The molecule has 0 fully saturated rings. The number of carbonyl (C=O) groups is 1. The SMILES string of the molecule is C[C@H](O)C[C@@]1(c2ccccc2)Nc2ccc(Br)cc2C1=O. The number of ketones is 1. The molecule has 3 rings (SSSR count). The van der Waals surface area contributed by atoms with Crippen LogP contribution in [0.2, 0.25) is 0 Å². The van der Waals surface area contributed by atoms with Crippen molar-refractivity contribution in [3.8, 4) is 0 Å². The van der Waals surface area contributed by atoms with Crippen LogP contribution >= 0.6 is 15.9 Å². The van der Waals surface area contributed by atoms with Gasteiger partial charge in [-0.2, -0.15) is 0 Å². The molecule has 0 aromatic heterocycles. The van der Waals surface area contributed by atoms with Gasteiger partial charge in [-0.05, 0) is 30.7 Å². The molecule has 0 saturated heterocycles. The Bertz CT molecular complexity index is 684. The molecule has 0 aliphatic carbocycles. The van der Waals surface area contributed by atoms with Crippen LogP contribution in [-0.2, 0) is 5.54 Å². The maximum absolute atomic E-state index is 13.0. The fraction of sp³-hybridized carbons (Fsp3) is 0.235. The minimum absolute atomic E-state index is 0.00546. The molecule has 1 aliphatic heterocycles. The number of aliphatic hydroxyl groups excluding tert-OH is 1. The van der Waals surface area contributed by atoms with Gasteiger partial charge in [0.25, 0.3) is 0 Å². The van der Waals surface area contributed by atoms with Gasteiger partial charge in [0.05, 0.1) is 6.10 Å².